The predicted octanol–water partition coefficient (Wildman–Crippen LogP) is 5.88. The maximum Gasteiger partial charge on any atom is 0.0466 e. The van der Waals surface area contributed by atoms with E-state index in [1.165, 1.54) is 57.8 Å². The minimum atomic E-state index is 0.948. The van der Waals surface area contributed by atoms with E-state index >= 15 is 0 Å². The van der Waals surface area contributed by atoms with Crippen LogP contribution in [0.1, 0.15) is 71.1 Å². The van der Waals surface area contributed by atoms with Crippen molar-refractivity contribution in [1.82, 2.24) is 0 Å². The molecule has 0 N–H and O–H groups in total. The van der Waals surface area contributed by atoms with Gasteiger partial charge >= 0.3 is 0 Å². The molecule has 0 heterocycles. The van der Waals surface area contributed by atoms with Crippen LogP contribution >= 0.6 is 15.9 Å². The number of ether oxygens (including phenoxy) is 1. The molecular weight excluding hydrogens is 288 g/mol. The van der Waals surface area contributed by atoms with E-state index in [1.54, 1.807) is 0 Å². The van der Waals surface area contributed by atoms with Crippen LogP contribution in [0.5, 0.6) is 0 Å². The van der Waals surface area contributed by atoms with E-state index in [-0.39, 0.29) is 0 Å². The van der Waals surface area contributed by atoms with Crippen LogP contribution in [0.25, 0.3) is 0 Å². The lowest BCUT2D eigenvalue weighted by Crippen LogP contribution is -1.97. The summed E-state index contributed by atoms with van der Waals surface area (Å²) in [5, 5.41) is 1.16. The van der Waals surface area contributed by atoms with Crippen molar-refractivity contribution in [2.75, 3.05) is 18.5 Å². The largest absolute Gasteiger partial charge is 0.381 e. The number of hydrogen-bond acceptors (Lipinski definition) is 1. The van der Waals surface area contributed by atoms with Crippen molar-refractivity contribution in [3.8, 4) is 0 Å². The van der Waals surface area contributed by atoms with Gasteiger partial charge in [0.15, 0.2) is 0 Å². The van der Waals surface area contributed by atoms with E-state index in [0.717, 1.165) is 25.0 Å². The third-order valence-corrected chi connectivity index (χ3v) is 3.54. The molecule has 0 rings (SSSR count). The first-order valence-electron chi connectivity index (χ1n) is 7.70. The van der Waals surface area contributed by atoms with Gasteiger partial charge in [-0.05, 0) is 38.5 Å². The van der Waals surface area contributed by atoms with Crippen LogP contribution in [0.2, 0.25) is 0 Å². The van der Waals surface area contributed by atoms with Crippen molar-refractivity contribution >= 4 is 15.9 Å². The highest BCUT2D eigenvalue weighted by molar-refractivity contribution is 9.09. The second-order valence-corrected chi connectivity index (χ2v) is 5.59. The Hall–Kier alpha value is 0.180. The summed E-state index contributed by atoms with van der Waals surface area (Å²) < 4.78 is 5.64. The number of halogens is 1. The highest BCUT2D eigenvalue weighted by atomic mass is 79.9. The molecule has 0 bridgehead atoms. The van der Waals surface area contributed by atoms with E-state index in [2.05, 4.69) is 35.0 Å². The zero-order valence-electron chi connectivity index (χ0n) is 12.1. The van der Waals surface area contributed by atoms with Gasteiger partial charge in [-0.15, -0.1) is 0 Å². The molecule has 0 amide bonds. The topological polar surface area (TPSA) is 9.23 Å². The Bertz CT molecular complexity index is 168. The molecule has 0 unspecified atom stereocenters. The number of rotatable bonds is 14. The van der Waals surface area contributed by atoms with E-state index in [1.807, 2.05) is 0 Å². The Morgan fingerprint density at radius 1 is 0.778 bits per heavy atom. The lowest BCUT2D eigenvalue weighted by atomic mass is 10.1. The fraction of sp³-hybridized carbons (Fsp3) is 0.875. The van der Waals surface area contributed by atoms with Crippen molar-refractivity contribution in [2.24, 2.45) is 0 Å². The van der Waals surface area contributed by atoms with Crippen LogP contribution in [-0.4, -0.2) is 18.5 Å². The lowest BCUT2D eigenvalue weighted by Gasteiger charge is -2.03. The molecule has 0 radical (unpaired) electrons. The summed E-state index contributed by atoms with van der Waals surface area (Å²) in [5.41, 5.74) is 0. The molecule has 18 heavy (non-hydrogen) atoms. The molecule has 1 nitrogen and oxygen atoms in total. The molecule has 0 saturated heterocycles. The van der Waals surface area contributed by atoms with Gasteiger partial charge in [0, 0.05) is 18.5 Å². The Balaban J connectivity index is 2.92. The van der Waals surface area contributed by atoms with E-state index < -0.39 is 0 Å². The third-order valence-electron chi connectivity index (χ3n) is 2.98. The normalized spacial score (nSPS) is 11.4. The molecule has 0 aromatic heterocycles. The first-order valence-corrected chi connectivity index (χ1v) is 8.82. The smallest absolute Gasteiger partial charge is 0.0466 e. The standard InChI is InChI=1S/C16H31BrO/c1-2-3-4-5-9-12-15-18-16-13-10-7-6-8-11-14-17/h3-4H,2,5-16H2,1H3/b4-3-. The molecule has 0 aliphatic heterocycles. The molecular formula is C16H31BrO. The average Bonchev–Trinajstić information content (AvgIpc) is 2.39. The van der Waals surface area contributed by atoms with Crippen molar-refractivity contribution in [3.05, 3.63) is 12.2 Å². The Morgan fingerprint density at radius 3 is 2.06 bits per heavy atom. The summed E-state index contributed by atoms with van der Waals surface area (Å²) >= 11 is 3.46. The number of unbranched alkanes of at least 4 members (excludes halogenated alkanes) is 7. The Kier molecular flexibility index (Phi) is 17.4. The number of alkyl halides is 1. The van der Waals surface area contributed by atoms with Gasteiger partial charge in [-0.2, -0.15) is 0 Å². The summed E-state index contributed by atoms with van der Waals surface area (Å²) in [7, 11) is 0. The van der Waals surface area contributed by atoms with Crippen LogP contribution in [0.15, 0.2) is 12.2 Å². The average molecular weight is 319 g/mol. The second kappa shape index (κ2) is 17.2. The molecule has 0 aromatic rings. The SMILES string of the molecule is CC/C=C\CCCCOCCCCCCCCBr. The monoisotopic (exact) mass is 318 g/mol. The zero-order valence-corrected chi connectivity index (χ0v) is 13.7. The molecule has 0 saturated carbocycles. The quantitative estimate of drug-likeness (QED) is 0.221. The summed E-state index contributed by atoms with van der Waals surface area (Å²) in [5.74, 6) is 0. The number of hydrogen-bond donors (Lipinski definition) is 0. The van der Waals surface area contributed by atoms with Crippen LogP contribution in [-0.2, 0) is 4.74 Å². The fourth-order valence-electron chi connectivity index (χ4n) is 1.86. The molecule has 0 spiro atoms. The molecule has 0 atom stereocenters. The minimum absolute atomic E-state index is 0.948. The van der Waals surface area contributed by atoms with Crippen molar-refractivity contribution in [3.63, 3.8) is 0 Å². The van der Waals surface area contributed by atoms with E-state index in [9.17, 15) is 0 Å². The van der Waals surface area contributed by atoms with Gasteiger partial charge in [0.25, 0.3) is 0 Å². The molecule has 0 aliphatic carbocycles. The van der Waals surface area contributed by atoms with Crippen molar-refractivity contribution < 1.29 is 4.74 Å². The summed E-state index contributed by atoms with van der Waals surface area (Å²) in [6, 6.07) is 0. The zero-order chi connectivity index (χ0) is 13.3. The van der Waals surface area contributed by atoms with Gasteiger partial charge in [0.2, 0.25) is 0 Å². The minimum Gasteiger partial charge on any atom is -0.381 e. The molecule has 0 aromatic carbocycles. The molecule has 2 heteroatoms. The van der Waals surface area contributed by atoms with E-state index in [4.69, 9.17) is 4.74 Å². The molecule has 0 fully saturated rings. The highest BCUT2D eigenvalue weighted by Gasteiger charge is 1.92. The maximum absolute atomic E-state index is 5.64. The summed E-state index contributed by atoms with van der Waals surface area (Å²) in [6.45, 7) is 4.09. The number of allylic oxidation sites excluding steroid dienone is 2. The third kappa shape index (κ3) is 16.2. The van der Waals surface area contributed by atoms with Crippen molar-refractivity contribution in [2.45, 2.75) is 71.1 Å². The van der Waals surface area contributed by atoms with Crippen LogP contribution < -0.4 is 0 Å². The Morgan fingerprint density at radius 2 is 1.39 bits per heavy atom. The first-order chi connectivity index (χ1) is 8.91. The van der Waals surface area contributed by atoms with E-state index in [0.29, 0.717) is 0 Å². The van der Waals surface area contributed by atoms with Gasteiger partial charge in [0.1, 0.15) is 0 Å². The molecule has 108 valence electrons. The predicted molar refractivity (Wildman–Crippen MR) is 85.6 cm³/mol. The molecule has 0 aliphatic rings. The van der Waals surface area contributed by atoms with Crippen molar-refractivity contribution in [1.29, 1.82) is 0 Å². The highest BCUT2D eigenvalue weighted by Crippen LogP contribution is 2.06. The van der Waals surface area contributed by atoms with Crippen LogP contribution in [0.3, 0.4) is 0 Å². The lowest BCUT2D eigenvalue weighted by molar-refractivity contribution is 0.126. The van der Waals surface area contributed by atoms with Crippen LogP contribution in [0, 0.1) is 0 Å². The van der Waals surface area contributed by atoms with Gasteiger partial charge in [-0.25, -0.2) is 0 Å². The van der Waals surface area contributed by atoms with Crippen LogP contribution in [0.4, 0.5) is 0 Å². The van der Waals surface area contributed by atoms with Gasteiger partial charge in [-0.1, -0.05) is 60.7 Å². The van der Waals surface area contributed by atoms with Gasteiger partial charge in [-0.3, -0.25) is 0 Å². The second-order valence-electron chi connectivity index (χ2n) is 4.80. The summed E-state index contributed by atoms with van der Waals surface area (Å²) in [4.78, 5) is 0. The first kappa shape index (κ1) is 18.2. The fourth-order valence-corrected chi connectivity index (χ4v) is 2.26. The van der Waals surface area contributed by atoms with Gasteiger partial charge in [0.05, 0.1) is 0 Å². The Labute approximate surface area is 123 Å². The van der Waals surface area contributed by atoms with Gasteiger partial charge < -0.3 is 4.74 Å². The summed E-state index contributed by atoms with van der Waals surface area (Å²) in [6.07, 6.45) is 17.4. The maximum atomic E-state index is 5.64.